The van der Waals surface area contributed by atoms with Crippen LogP contribution in [0.3, 0.4) is 0 Å². The second-order valence-electron chi connectivity index (χ2n) is 6.94. The molecule has 3 aromatic carbocycles. The van der Waals surface area contributed by atoms with Crippen LogP contribution in [0.25, 0.3) is 0 Å². The van der Waals surface area contributed by atoms with Crippen LogP contribution in [0, 0.1) is 0 Å². The first-order chi connectivity index (χ1) is 14.2. The number of para-hydroxylation sites is 2. The van der Waals surface area contributed by atoms with E-state index in [-0.39, 0.29) is 5.75 Å². The maximum atomic E-state index is 13.3. The maximum absolute atomic E-state index is 13.3. The van der Waals surface area contributed by atoms with Gasteiger partial charge in [0, 0.05) is 6.54 Å². The van der Waals surface area contributed by atoms with Crippen LogP contribution in [-0.2, 0) is 19.9 Å². The molecule has 2 atom stereocenters. The topological polar surface area (TPSA) is 59.0 Å². The van der Waals surface area contributed by atoms with Crippen molar-refractivity contribution >= 4 is 11.7 Å². The van der Waals surface area contributed by atoms with Crippen LogP contribution >= 0.6 is 0 Å². The zero-order valence-electron chi connectivity index (χ0n) is 16.2. The highest BCUT2D eigenvalue weighted by atomic mass is 16.6. The van der Waals surface area contributed by atoms with Gasteiger partial charge in [-0.15, -0.1) is 0 Å². The van der Waals surface area contributed by atoms with Gasteiger partial charge in [-0.2, -0.15) is 0 Å². The molecule has 5 heteroatoms. The smallest absolute Gasteiger partial charge is 0.345 e. The number of hydrogen-bond acceptors (Lipinski definition) is 5. The van der Waals surface area contributed by atoms with E-state index in [1.807, 2.05) is 77.7 Å². The van der Waals surface area contributed by atoms with Gasteiger partial charge in [0.15, 0.2) is 0 Å². The predicted molar refractivity (Wildman–Crippen MR) is 111 cm³/mol. The van der Waals surface area contributed by atoms with Gasteiger partial charge in [0.1, 0.15) is 5.75 Å². The van der Waals surface area contributed by atoms with Crippen LogP contribution in [0.5, 0.6) is 5.75 Å². The van der Waals surface area contributed by atoms with Crippen molar-refractivity contribution in [3.63, 3.8) is 0 Å². The summed E-state index contributed by atoms with van der Waals surface area (Å²) in [7, 11) is 1.37. The van der Waals surface area contributed by atoms with Gasteiger partial charge in [-0.3, -0.25) is 0 Å². The van der Waals surface area contributed by atoms with Crippen LogP contribution in [0.4, 0.5) is 5.69 Å². The number of methoxy groups -OCH3 is 1. The van der Waals surface area contributed by atoms with Crippen molar-refractivity contribution in [3.05, 3.63) is 96.1 Å². The Balaban J connectivity index is 1.98. The Kier molecular flexibility index (Phi) is 5.23. The number of aromatic hydroxyl groups is 1. The minimum Gasteiger partial charge on any atom is -0.506 e. The average Bonchev–Trinajstić information content (AvgIpc) is 2.79. The second-order valence-corrected chi connectivity index (χ2v) is 6.94. The molecule has 0 spiro atoms. The van der Waals surface area contributed by atoms with E-state index >= 15 is 0 Å². The third kappa shape index (κ3) is 3.23. The summed E-state index contributed by atoms with van der Waals surface area (Å²) in [5.74, 6) is -0.320. The Morgan fingerprint density at radius 2 is 1.62 bits per heavy atom. The van der Waals surface area contributed by atoms with E-state index in [0.717, 1.165) is 5.56 Å². The number of phenols is 1. The molecule has 0 aliphatic carbocycles. The Hall–Kier alpha value is -3.31. The minimum absolute atomic E-state index is 0.155. The number of carbonyl (C=O) groups excluding carboxylic acids is 1. The van der Waals surface area contributed by atoms with Gasteiger partial charge in [0.2, 0.25) is 5.60 Å². The standard InChI is InChI=1S/C24H23NO4/c1-28-23(27)24(19-12-6-3-7-13-19)22(18-10-4-2-5-11-18)25(16-17-29-24)20-14-8-9-15-21(20)26/h2-15,22,26H,16-17H2,1H3/t22-,24-/m0/s1. The number of nitrogens with zero attached hydrogens (tertiary/aromatic N) is 1. The van der Waals surface area contributed by atoms with Gasteiger partial charge in [0.05, 0.1) is 25.4 Å². The fourth-order valence-corrected chi connectivity index (χ4v) is 4.12. The molecule has 0 aromatic heterocycles. The molecule has 0 radical (unpaired) electrons. The van der Waals surface area contributed by atoms with Crippen LogP contribution in [-0.4, -0.2) is 31.3 Å². The van der Waals surface area contributed by atoms with Crippen molar-refractivity contribution < 1.29 is 19.4 Å². The molecule has 5 nitrogen and oxygen atoms in total. The Morgan fingerprint density at radius 3 is 2.28 bits per heavy atom. The molecule has 1 aliphatic heterocycles. The molecule has 1 N–H and O–H groups in total. The van der Waals surface area contributed by atoms with Crippen LogP contribution in [0.15, 0.2) is 84.9 Å². The average molecular weight is 389 g/mol. The molecule has 0 amide bonds. The summed E-state index contributed by atoms with van der Waals surface area (Å²) < 4.78 is 11.5. The van der Waals surface area contributed by atoms with Crippen molar-refractivity contribution in [3.8, 4) is 5.75 Å². The van der Waals surface area contributed by atoms with Crippen molar-refractivity contribution in [2.24, 2.45) is 0 Å². The number of esters is 1. The van der Waals surface area contributed by atoms with Crippen LogP contribution in [0.2, 0.25) is 0 Å². The lowest BCUT2D eigenvalue weighted by Crippen LogP contribution is -2.57. The molecule has 29 heavy (non-hydrogen) atoms. The van der Waals surface area contributed by atoms with Crippen molar-refractivity contribution in [2.75, 3.05) is 25.2 Å². The monoisotopic (exact) mass is 389 g/mol. The van der Waals surface area contributed by atoms with Crippen molar-refractivity contribution in [1.82, 2.24) is 0 Å². The van der Waals surface area contributed by atoms with Gasteiger partial charge in [0.25, 0.3) is 0 Å². The molecule has 0 bridgehead atoms. The summed E-state index contributed by atoms with van der Waals surface area (Å²) in [5, 5.41) is 10.6. The predicted octanol–water partition coefficient (Wildman–Crippen LogP) is 4.04. The molecule has 3 aromatic rings. The zero-order valence-corrected chi connectivity index (χ0v) is 16.2. The van der Waals surface area contributed by atoms with E-state index in [0.29, 0.717) is 24.4 Å². The summed E-state index contributed by atoms with van der Waals surface area (Å²) in [5.41, 5.74) is 0.872. The lowest BCUT2D eigenvalue weighted by molar-refractivity contribution is -0.180. The second kappa shape index (κ2) is 7.97. The van der Waals surface area contributed by atoms with Gasteiger partial charge >= 0.3 is 5.97 Å². The number of rotatable bonds is 4. The van der Waals surface area contributed by atoms with Gasteiger partial charge in [-0.1, -0.05) is 72.8 Å². The summed E-state index contributed by atoms with van der Waals surface area (Å²) >= 11 is 0. The Bertz CT molecular complexity index is 976. The summed E-state index contributed by atoms with van der Waals surface area (Å²) in [4.78, 5) is 15.3. The number of hydrogen-bond donors (Lipinski definition) is 1. The molecule has 1 aliphatic rings. The first-order valence-corrected chi connectivity index (χ1v) is 9.56. The first-order valence-electron chi connectivity index (χ1n) is 9.56. The van der Waals surface area contributed by atoms with E-state index in [2.05, 4.69) is 0 Å². The SMILES string of the molecule is COC(=O)[C@@]1(c2ccccc2)OCCN(c2ccccc2O)[C@H]1c1ccccc1. The van der Waals surface area contributed by atoms with Gasteiger partial charge in [-0.25, -0.2) is 4.79 Å². The number of benzene rings is 3. The number of phenolic OH excluding ortho intramolecular Hbond substituents is 1. The highest BCUT2D eigenvalue weighted by Gasteiger charge is 2.55. The van der Waals surface area contributed by atoms with E-state index in [9.17, 15) is 9.90 Å². The fraction of sp³-hybridized carbons (Fsp3) is 0.208. The number of morpholine rings is 1. The quantitative estimate of drug-likeness (QED) is 0.683. The molecule has 0 saturated carbocycles. The molecule has 148 valence electrons. The summed E-state index contributed by atoms with van der Waals surface area (Å²) in [6.45, 7) is 0.824. The van der Waals surface area contributed by atoms with Crippen molar-refractivity contribution in [1.29, 1.82) is 0 Å². The highest BCUT2D eigenvalue weighted by Crippen LogP contribution is 2.48. The number of carbonyl (C=O) groups is 1. The third-order valence-corrected chi connectivity index (χ3v) is 5.36. The van der Waals surface area contributed by atoms with Crippen LogP contribution in [0.1, 0.15) is 17.2 Å². The van der Waals surface area contributed by atoms with Gasteiger partial charge in [-0.05, 0) is 23.3 Å². The van der Waals surface area contributed by atoms with Gasteiger partial charge < -0.3 is 19.5 Å². The summed E-state index contributed by atoms with van der Waals surface area (Å²) in [6.07, 6.45) is 0. The molecule has 1 fully saturated rings. The minimum atomic E-state index is -1.38. The largest absolute Gasteiger partial charge is 0.506 e. The normalized spacial score (nSPS) is 21.6. The number of anilines is 1. The van der Waals surface area contributed by atoms with E-state index in [1.54, 1.807) is 12.1 Å². The van der Waals surface area contributed by atoms with E-state index < -0.39 is 17.6 Å². The third-order valence-electron chi connectivity index (χ3n) is 5.36. The Labute approximate surface area is 170 Å². The lowest BCUT2D eigenvalue weighted by atomic mass is 9.79. The Morgan fingerprint density at radius 1 is 1.00 bits per heavy atom. The maximum Gasteiger partial charge on any atom is 0.345 e. The van der Waals surface area contributed by atoms with E-state index in [4.69, 9.17) is 9.47 Å². The zero-order chi connectivity index (χ0) is 20.3. The van der Waals surface area contributed by atoms with E-state index in [1.165, 1.54) is 7.11 Å². The van der Waals surface area contributed by atoms with Crippen molar-refractivity contribution in [2.45, 2.75) is 11.6 Å². The first kappa shape index (κ1) is 19.0. The molecule has 0 unspecified atom stereocenters. The van der Waals surface area contributed by atoms with Crippen LogP contribution < -0.4 is 4.90 Å². The fourth-order valence-electron chi connectivity index (χ4n) is 4.12. The number of ether oxygens (including phenoxy) is 2. The highest BCUT2D eigenvalue weighted by molar-refractivity contribution is 5.84. The molecular weight excluding hydrogens is 366 g/mol. The molecule has 4 rings (SSSR count). The molecule has 1 saturated heterocycles. The lowest BCUT2D eigenvalue weighted by Gasteiger charge is -2.49. The molecular formula is C24H23NO4. The molecule has 1 heterocycles. The summed E-state index contributed by atoms with van der Waals surface area (Å²) in [6, 6.07) is 25.8.